The zero-order valence-electron chi connectivity index (χ0n) is 7.19. The van der Waals surface area contributed by atoms with Gasteiger partial charge in [0.2, 0.25) is 5.56 Å². The third-order valence-corrected chi connectivity index (χ3v) is 1.27. The molecule has 2 N–H and O–H groups in total. The van der Waals surface area contributed by atoms with Gasteiger partial charge >= 0.3 is 0 Å². The number of aromatic amines is 1. The number of nitrogens with zero attached hydrogens (tertiary/aromatic N) is 2. The number of aliphatic imine (C=N–C) groups is 1. The number of hydrogen-bond donors (Lipinski definition) is 2. The minimum Gasteiger partial charge on any atom is -0.327 e. The van der Waals surface area contributed by atoms with Gasteiger partial charge in [-0.15, -0.1) is 0 Å². The molecule has 13 heavy (non-hydrogen) atoms. The van der Waals surface area contributed by atoms with E-state index in [0.717, 1.165) is 5.69 Å². The number of H-pyrrole nitrogens is 1. The first-order valence-corrected chi connectivity index (χ1v) is 3.71. The van der Waals surface area contributed by atoms with Crippen LogP contribution in [0.3, 0.4) is 0 Å². The number of hydrazone groups is 1. The van der Waals surface area contributed by atoms with Crippen molar-refractivity contribution in [2.75, 3.05) is 12.5 Å². The largest absolute Gasteiger partial charge is 0.327 e. The molecule has 0 fully saturated rings. The van der Waals surface area contributed by atoms with Gasteiger partial charge in [0.15, 0.2) is 0 Å². The molecule has 0 spiro atoms. The standard InChI is InChI=1S/C8H10N4O/c1-9-4-5-11-12-7-2-3-8(13)10-6-7/h2-6,12H,1H3,(H,10,13)/b9-4?,11-5-. The Hall–Kier alpha value is -1.91. The summed E-state index contributed by atoms with van der Waals surface area (Å²) in [6.07, 6.45) is 4.62. The molecule has 68 valence electrons. The van der Waals surface area contributed by atoms with Gasteiger partial charge in [-0.05, 0) is 6.07 Å². The molecule has 0 atom stereocenters. The van der Waals surface area contributed by atoms with Gasteiger partial charge in [-0.25, -0.2) is 0 Å². The van der Waals surface area contributed by atoms with Gasteiger partial charge in [0.1, 0.15) is 0 Å². The number of aromatic nitrogens is 1. The predicted molar refractivity (Wildman–Crippen MR) is 53.6 cm³/mol. The highest BCUT2D eigenvalue weighted by atomic mass is 16.1. The molecular formula is C8H10N4O. The second kappa shape index (κ2) is 4.87. The summed E-state index contributed by atoms with van der Waals surface area (Å²) in [6, 6.07) is 3.06. The molecule has 0 saturated carbocycles. The van der Waals surface area contributed by atoms with Crippen molar-refractivity contribution in [1.82, 2.24) is 4.98 Å². The van der Waals surface area contributed by atoms with Crippen molar-refractivity contribution >= 4 is 18.1 Å². The first kappa shape index (κ1) is 9.18. The number of rotatable bonds is 3. The molecular weight excluding hydrogens is 168 g/mol. The molecule has 0 aromatic carbocycles. The highest BCUT2D eigenvalue weighted by molar-refractivity contribution is 6.16. The fourth-order valence-electron chi connectivity index (χ4n) is 0.692. The molecule has 0 amide bonds. The Balaban J connectivity index is 2.55. The van der Waals surface area contributed by atoms with Crippen molar-refractivity contribution in [2.45, 2.75) is 0 Å². The molecule has 0 radical (unpaired) electrons. The van der Waals surface area contributed by atoms with Crippen molar-refractivity contribution in [3.8, 4) is 0 Å². The van der Waals surface area contributed by atoms with Crippen LogP contribution in [0.15, 0.2) is 33.2 Å². The van der Waals surface area contributed by atoms with Crippen LogP contribution in [0.2, 0.25) is 0 Å². The lowest BCUT2D eigenvalue weighted by Crippen LogP contribution is -2.02. The van der Waals surface area contributed by atoms with Crippen LogP contribution in [0.25, 0.3) is 0 Å². The maximum absolute atomic E-state index is 10.7. The van der Waals surface area contributed by atoms with E-state index in [1.807, 2.05) is 0 Å². The smallest absolute Gasteiger partial charge is 0.248 e. The van der Waals surface area contributed by atoms with Crippen LogP contribution >= 0.6 is 0 Å². The fraction of sp³-hybridized carbons (Fsp3) is 0.125. The molecule has 0 aliphatic heterocycles. The molecule has 0 bridgehead atoms. The highest BCUT2D eigenvalue weighted by Crippen LogP contribution is 1.98. The first-order valence-electron chi connectivity index (χ1n) is 3.71. The Labute approximate surface area is 75.2 Å². The van der Waals surface area contributed by atoms with Crippen LogP contribution in [0, 0.1) is 0 Å². The molecule has 5 nitrogen and oxygen atoms in total. The Kier molecular flexibility index (Phi) is 3.44. The van der Waals surface area contributed by atoms with E-state index in [1.54, 1.807) is 25.5 Å². The summed E-state index contributed by atoms with van der Waals surface area (Å²) in [5.41, 5.74) is 3.30. The number of hydrogen-bond acceptors (Lipinski definition) is 4. The molecule has 0 saturated heterocycles. The van der Waals surface area contributed by atoms with E-state index >= 15 is 0 Å². The van der Waals surface area contributed by atoms with Gasteiger partial charge < -0.3 is 4.98 Å². The Bertz CT molecular complexity index is 346. The zero-order valence-corrected chi connectivity index (χ0v) is 7.19. The number of pyridine rings is 1. The van der Waals surface area contributed by atoms with Gasteiger partial charge in [0.25, 0.3) is 0 Å². The van der Waals surface area contributed by atoms with Crippen LogP contribution in [0.4, 0.5) is 5.69 Å². The molecule has 1 aromatic rings. The van der Waals surface area contributed by atoms with Crippen LogP contribution in [-0.4, -0.2) is 24.5 Å². The van der Waals surface area contributed by atoms with Crippen LogP contribution in [0.5, 0.6) is 0 Å². The summed E-state index contributed by atoms with van der Waals surface area (Å²) in [4.78, 5) is 16.9. The van der Waals surface area contributed by atoms with Crippen molar-refractivity contribution < 1.29 is 0 Å². The summed E-state index contributed by atoms with van der Waals surface area (Å²) >= 11 is 0. The lowest BCUT2D eigenvalue weighted by Gasteiger charge is -1.95. The second-order valence-electron chi connectivity index (χ2n) is 2.24. The molecule has 5 heteroatoms. The maximum Gasteiger partial charge on any atom is 0.248 e. The van der Waals surface area contributed by atoms with Gasteiger partial charge in [-0.3, -0.25) is 15.2 Å². The topological polar surface area (TPSA) is 69.6 Å². The Morgan fingerprint density at radius 2 is 2.31 bits per heavy atom. The van der Waals surface area contributed by atoms with Crippen LogP contribution in [-0.2, 0) is 0 Å². The van der Waals surface area contributed by atoms with Crippen LogP contribution in [0.1, 0.15) is 0 Å². The SMILES string of the molecule is CN=C/C=N\Nc1ccc(=O)[nH]c1. The van der Waals surface area contributed by atoms with E-state index in [1.165, 1.54) is 12.3 Å². The summed E-state index contributed by atoms with van der Waals surface area (Å²) in [5.74, 6) is 0. The Morgan fingerprint density at radius 3 is 2.92 bits per heavy atom. The minimum atomic E-state index is -0.135. The summed E-state index contributed by atoms with van der Waals surface area (Å²) in [5, 5.41) is 3.81. The van der Waals surface area contributed by atoms with Crippen molar-refractivity contribution in [1.29, 1.82) is 0 Å². The zero-order chi connectivity index (χ0) is 9.52. The number of anilines is 1. The van der Waals surface area contributed by atoms with Crippen LogP contribution < -0.4 is 11.0 Å². The molecule has 1 heterocycles. The lowest BCUT2D eigenvalue weighted by molar-refractivity contribution is 1.21. The Morgan fingerprint density at radius 1 is 1.46 bits per heavy atom. The summed E-state index contributed by atoms with van der Waals surface area (Å²) < 4.78 is 0. The second-order valence-corrected chi connectivity index (χ2v) is 2.24. The molecule has 0 unspecified atom stereocenters. The third-order valence-electron chi connectivity index (χ3n) is 1.27. The molecule has 1 aromatic heterocycles. The fourth-order valence-corrected chi connectivity index (χ4v) is 0.692. The lowest BCUT2D eigenvalue weighted by atomic mass is 10.4. The van der Waals surface area contributed by atoms with Crippen molar-refractivity contribution in [3.63, 3.8) is 0 Å². The highest BCUT2D eigenvalue weighted by Gasteiger charge is 1.86. The van der Waals surface area contributed by atoms with E-state index < -0.39 is 0 Å². The van der Waals surface area contributed by atoms with E-state index in [4.69, 9.17) is 0 Å². The summed E-state index contributed by atoms with van der Waals surface area (Å²) in [6.45, 7) is 0. The molecule has 0 aliphatic rings. The van der Waals surface area contributed by atoms with E-state index in [2.05, 4.69) is 20.5 Å². The molecule has 1 rings (SSSR count). The van der Waals surface area contributed by atoms with Gasteiger partial charge in [-0.2, -0.15) is 5.10 Å². The van der Waals surface area contributed by atoms with E-state index in [0.29, 0.717) is 0 Å². The third kappa shape index (κ3) is 3.33. The van der Waals surface area contributed by atoms with E-state index in [-0.39, 0.29) is 5.56 Å². The average Bonchev–Trinajstić information content (AvgIpc) is 2.15. The predicted octanol–water partition coefficient (Wildman–Crippen LogP) is 0.473. The number of nitrogens with one attached hydrogen (secondary N) is 2. The van der Waals surface area contributed by atoms with Crippen molar-refractivity contribution in [2.24, 2.45) is 10.1 Å². The minimum absolute atomic E-state index is 0.135. The monoisotopic (exact) mass is 178 g/mol. The normalized spacial score (nSPS) is 11.2. The van der Waals surface area contributed by atoms with E-state index in [9.17, 15) is 4.79 Å². The molecule has 0 aliphatic carbocycles. The maximum atomic E-state index is 10.7. The summed E-state index contributed by atoms with van der Waals surface area (Å²) in [7, 11) is 1.66. The van der Waals surface area contributed by atoms with Gasteiger partial charge in [0, 0.05) is 25.5 Å². The van der Waals surface area contributed by atoms with Crippen molar-refractivity contribution in [3.05, 3.63) is 28.7 Å². The quantitative estimate of drug-likeness (QED) is 0.522. The van der Waals surface area contributed by atoms with Gasteiger partial charge in [0.05, 0.1) is 11.9 Å². The van der Waals surface area contributed by atoms with Gasteiger partial charge in [-0.1, -0.05) is 0 Å². The first-order chi connectivity index (χ1) is 6.33. The average molecular weight is 178 g/mol.